The smallest absolute Gasteiger partial charge is 0.158 e. The lowest BCUT2D eigenvalue weighted by Crippen LogP contribution is -2.36. The largest absolute Gasteiger partial charge is 0.389 e. The number of aliphatic hydroxyl groups is 1. The molecule has 0 atom stereocenters. The maximum Gasteiger partial charge on any atom is 0.158 e. The van der Waals surface area contributed by atoms with Crippen LogP contribution < -0.4 is 10.2 Å². The van der Waals surface area contributed by atoms with Gasteiger partial charge in [-0.25, -0.2) is 9.97 Å². The topological polar surface area (TPSA) is 70.5 Å². The molecule has 1 heterocycles. The summed E-state index contributed by atoms with van der Waals surface area (Å²) in [6, 6.07) is 1.87. The number of methoxy groups -OCH3 is 1. The lowest BCUT2D eigenvalue weighted by Gasteiger charge is -2.26. The molecule has 0 spiro atoms. The molecule has 0 radical (unpaired) electrons. The third-order valence-electron chi connectivity index (χ3n) is 2.41. The molecule has 0 fully saturated rings. The predicted molar refractivity (Wildman–Crippen MR) is 76.5 cm³/mol. The third kappa shape index (κ3) is 5.40. The van der Waals surface area contributed by atoms with Crippen molar-refractivity contribution in [1.82, 2.24) is 9.97 Å². The summed E-state index contributed by atoms with van der Waals surface area (Å²) in [6.45, 7) is 7.19. The van der Waals surface area contributed by atoms with E-state index in [9.17, 15) is 5.11 Å². The van der Waals surface area contributed by atoms with E-state index in [2.05, 4.69) is 15.3 Å². The molecule has 1 aromatic rings. The lowest BCUT2D eigenvalue weighted by molar-refractivity contribution is 0.0884. The fraction of sp³-hybridized carbons (Fsp3) is 0.692. The van der Waals surface area contributed by atoms with Crippen LogP contribution in [0.25, 0.3) is 0 Å². The molecule has 1 rings (SSSR count). The van der Waals surface area contributed by atoms with Gasteiger partial charge in [-0.2, -0.15) is 0 Å². The molecule has 0 saturated carbocycles. The van der Waals surface area contributed by atoms with Gasteiger partial charge in [0.15, 0.2) is 5.82 Å². The molecule has 1 aromatic heterocycles. The van der Waals surface area contributed by atoms with E-state index in [1.807, 2.05) is 24.9 Å². The van der Waals surface area contributed by atoms with Crippen LogP contribution in [0.3, 0.4) is 0 Å². The Morgan fingerprint density at radius 1 is 1.42 bits per heavy atom. The fourth-order valence-corrected chi connectivity index (χ4v) is 1.81. The Morgan fingerprint density at radius 3 is 2.63 bits per heavy atom. The average molecular weight is 268 g/mol. The monoisotopic (exact) mass is 268 g/mol. The van der Waals surface area contributed by atoms with E-state index in [0.717, 1.165) is 18.2 Å². The van der Waals surface area contributed by atoms with Gasteiger partial charge in [-0.3, -0.25) is 0 Å². The number of rotatable bonds is 7. The molecule has 0 aliphatic heterocycles. The zero-order valence-corrected chi connectivity index (χ0v) is 12.4. The van der Waals surface area contributed by atoms with Gasteiger partial charge in [-0.15, -0.1) is 0 Å². The summed E-state index contributed by atoms with van der Waals surface area (Å²) in [5.41, 5.74) is -0.778. The van der Waals surface area contributed by atoms with Gasteiger partial charge in [0.1, 0.15) is 18.2 Å². The molecule has 6 heteroatoms. The van der Waals surface area contributed by atoms with Crippen molar-refractivity contribution in [2.24, 2.45) is 0 Å². The van der Waals surface area contributed by atoms with Crippen LogP contribution in [-0.2, 0) is 11.3 Å². The van der Waals surface area contributed by atoms with Crippen molar-refractivity contribution in [2.75, 3.05) is 37.5 Å². The minimum atomic E-state index is -0.778. The molecule has 2 N–H and O–H groups in total. The van der Waals surface area contributed by atoms with Crippen LogP contribution in [-0.4, -0.2) is 47.9 Å². The van der Waals surface area contributed by atoms with E-state index in [1.165, 1.54) is 0 Å². The number of nitrogens with one attached hydrogen (secondary N) is 1. The van der Waals surface area contributed by atoms with E-state index < -0.39 is 5.60 Å². The molecule has 0 unspecified atom stereocenters. The van der Waals surface area contributed by atoms with Crippen molar-refractivity contribution in [2.45, 2.75) is 33.0 Å². The molecular formula is C13H24N4O2. The average Bonchev–Trinajstić information content (AvgIpc) is 2.27. The van der Waals surface area contributed by atoms with E-state index in [0.29, 0.717) is 19.0 Å². The summed E-state index contributed by atoms with van der Waals surface area (Å²) in [5.74, 6) is 2.15. The van der Waals surface area contributed by atoms with Crippen LogP contribution in [0.2, 0.25) is 0 Å². The van der Waals surface area contributed by atoms with Crippen molar-refractivity contribution in [3.63, 3.8) is 0 Å². The van der Waals surface area contributed by atoms with Crippen LogP contribution in [0.5, 0.6) is 0 Å². The van der Waals surface area contributed by atoms with Crippen LogP contribution in [0, 0.1) is 0 Å². The van der Waals surface area contributed by atoms with Gasteiger partial charge < -0.3 is 20.1 Å². The Bertz CT molecular complexity index is 380. The number of anilines is 2. The highest BCUT2D eigenvalue weighted by molar-refractivity contribution is 5.49. The Hall–Kier alpha value is -1.40. The number of hydrogen-bond donors (Lipinski definition) is 2. The molecule has 108 valence electrons. The van der Waals surface area contributed by atoms with Gasteiger partial charge in [0, 0.05) is 33.3 Å². The van der Waals surface area contributed by atoms with Crippen molar-refractivity contribution in [3.05, 3.63) is 11.9 Å². The van der Waals surface area contributed by atoms with Gasteiger partial charge >= 0.3 is 0 Å². The molecule has 6 nitrogen and oxygen atoms in total. The van der Waals surface area contributed by atoms with Crippen LogP contribution >= 0.6 is 0 Å². The highest BCUT2D eigenvalue weighted by atomic mass is 16.5. The SMILES string of the molecule is CCNc1cc(N(C)CC(C)(C)O)nc(COC)n1. The molecular weight excluding hydrogens is 244 g/mol. The second-order valence-electron chi connectivity index (χ2n) is 5.16. The zero-order chi connectivity index (χ0) is 14.5. The standard InChI is InChI=1S/C13H24N4O2/c1-6-14-10-7-12(16-11(15-10)8-19-5)17(4)9-13(2,3)18/h7,18H,6,8-9H2,1-5H3,(H,14,15,16). The minimum Gasteiger partial charge on any atom is -0.389 e. The number of likely N-dealkylation sites (N-methyl/N-ethyl adjacent to an activating group) is 1. The summed E-state index contributed by atoms with van der Waals surface area (Å²) in [4.78, 5) is 10.7. The first-order chi connectivity index (χ1) is 8.85. The molecule has 0 aliphatic rings. The Balaban J connectivity index is 2.97. The van der Waals surface area contributed by atoms with E-state index >= 15 is 0 Å². The maximum absolute atomic E-state index is 9.87. The molecule has 19 heavy (non-hydrogen) atoms. The second kappa shape index (κ2) is 6.68. The first-order valence-electron chi connectivity index (χ1n) is 6.40. The maximum atomic E-state index is 9.87. The van der Waals surface area contributed by atoms with E-state index in [1.54, 1.807) is 21.0 Å². The van der Waals surface area contributed by atoms with Crippen molar-refractivity contribution < 1.29 is 9.84 Å². The predicted octanol–water partition coefficient (Wildman–Crippen LogP) is 1.26. The molecule has 0 amide bonds. The summed E-state index contributed by atoms with van der Waals surface area (Å²) in [5, 5.41) is 13.0. The summed E-state index contributed by atoms with van der Waals surface area (Å²) < 4.78 is 5.08. The van der Waals surface area contributed by atoms with Gasteiger partial charge in [0.25, 0.3) is 0 Å². The Kier molecular flexibility index (Phi) is 5.50. The van der Waals surface area contributed by atoms with Gasteiger partial charge in [0.2, 0.25) is 0 Å². The first-order valence-corrected chi connectivity index (χ1v) is 6.40. The van der Waals surface area contributed by atoms with Crippen LogP contribution in [0.4, 0.5) is 11.6 Å². The zero-order valence-electron chi connectivity index (χ0n) is 12.4. The third-order valence-corrected chi connectivity index (χ3v) is 2.41. The summed E-state index contributed by atoms with van der Waals surface area (Å²) in [7, 11) is 3.51. The summed E-state index contributed by atoms with van der Waals surface area (Å²) >= 11 is 0. The van der Waals surface area contributed by atoms with E-state index in [-0.39, 0.29) is 0 Å². The van der Waals surface area contributed by atoms with Crippen LogP contribution in [0.1, 0.15) is 26.6 Å². The fourth-order valence-electron chi connectivity index (χ4n) is 1.81. The molecule has 0 bridgehead atoms. The van der Waals surface area contributed by atoms with Crippen molar-refractivity contribution in [3.8, 4) is 0 Å². The lowest BCUT2D eigenvalue weighted by atomic mass is 10.1. The second-order valence-corrected chi connectivity index (χ2v) is 5.16. The first kappa shape index (κ1) is 15.7. The highest BCUT2D eigenvalue weighted by Gasteiger charge is 2.17. The highest BCUT2D eigenvalue weighted by Crippen LogP contribution is 2.17. The Morgan fingerprint density at radius 2 is 2.11 bits per heavy atom. The molecule has 0 aliphatic carbocycles. The van der Waals surface area contributed by atoms with Crippen LogP contribution in [0.15, 0.2) is 6.07 Å². The molecule has 0 aromatic carbocycles. The van der Waals surface area contributed by atoms with Gasteiger partial charge in [-0.05, 0) is 20.8 Å². The number of ether oxygens (including phenoxy) is 1. The summed E-state index contributed by atoms with van der Waals surface area (Å²) in [6.07, 6.45) is 0. The van der Waals surface area contributed by atoms with Gasteiger partial charge in [0.05, 0.1) is 5.60 Å². The minimum absolute atomic E-state index is 0.364. The van der Waals surface area contributed by atoms with Gasteiger partial charge in [-0.1, -0.05) is 0 Å². The number of hydrogen-bond acceptors (Lipinski definition) is 6. The number of nitrogens with zero attached hydrogens (tertiary/aromatic N) is 3. The van der Waals surface area contributed by atoms with Crippen molar-refractivity contribution in [1.29, 1.82) is 0 Å². The molecule has 0 saturated heterocycles. The van der Waals surface area contributed by atoms with E-state index in [4.69, 9.17) is 4.74 Å². The van der Waals surface area contributed by atoms with Crippen molar-refractivity contribution >= 4 is 11.6 Å². The quantitative estimate of drug-likeness (QED) is 0.776. The Labute approximate surface area is 114 Å². The number of aromatic nitrogens is 2. The normalized spacial score (nSPS) is 11.5.